The van der Waals surface area contributed by atoms with E-state index in [-0.39, 0.29) is 17.2 Å². The molecule has 3 heterocycles. The fraction of sp³-hybridized carbons (Fsp3) is 0.692. The number of carbonyl (C=O) groups is 2. The van der Waals surface area contributed by atoms with Crippen LogP contribution in [0.15, 0.2) is 35.1 Å². The van der Waals surface area contributed by atoms with Crippen LogP contribution in [0.5, 0.6) is 0 Å². The molecule has 5 rings (SSSR count). The molecule has 0 radical (unpaired) electrons. The van der Waals surface area contributed by atoms with Gasteiger partial charge >= 0.3 is 0 Å². The van der Waals surface area contributed by atoms with Gasteiger partial charge in [-0.3, -0.25) is 9.59 Å². The van der Waals surface area contributed by atoms with Crippen molar-refractivity contribution >= 4 is 11.8 Å². The number of amides is 2. The van der Waals surface area contributed by atoms with Gasteiger partial charge in [0.2, 0.25) is 0 Å². The average Bonchev–Trinajstić information content (AvgIpc) is 3.47. The third kappa shape index (κ3) is 3.69. The van der Waals surface area contributed by atoms with Gasteiger partial charge in [0.15, 0.2) is 5.60 Å². The lowest BCUT2D eigenvalue weighted by Crippen LogP contribution is -2.49. The summed E-state index contributed by atoms with van der Waals surface area (Å²) in [5.41, 5.74) is 1.79. The Morgan fingerprint density at radius 3 is 2.55 bits per heavy atom. The highest BCUT2D eigenvalue weighted by molar-refractivity contribution is 6.01. The molecule has 3 atom stereocenters. The zero-order chi connectivity index (χ0) is 21.8. The van der Waals surface area contributed by atoms with Crippen LogP contribution in [0.4, 0.5) is 0 Å². The minimum atomic E-state index is -0.926. The maximum Gasteiger partial charge on any atom is 0.263 e. The smallest absolute Gasteiger partial charge is 0.263 e. The van der Waals surface area contributed by atoms with E-state index >= 15 is 0 Å². The van der Waals surface area contributed by atoms with E-state index in [1.807, 2.05) is 22.0 Å². The first-order valence-electron chi connectivity index (χ1n) is 12.2. The quantitative estimate of drug-likeness (QED) is 0.682. The van der Waals surface area contributed by atoms with Gasteiger partial charge in [0.05, 0.1) is 6.61 Å². The van der Waals surface area contributed by atoms with Gasteiger partial charge in [-0.05, 0) is 68.3 Å². The van der Waals surface area contributed by atoms with E-state index in [4.69, 9.17) is 4.74 Å². The number of rotatable bonds is 3. The lowest BCUT2D eigenvalue weighted by Gasteiger charge is -2.40. The van der Waals surface area contributed by atoms with E-state index in [0.717, 1.165) is 55.7 Å². The highest BCUT2D eigenvalue weighted by Gasteiger charge is 2.58. The molecule has 5 aliphatic rings. The van der Waals surface area contributed by atoms with Crippen molar-refractivity contribution in [1.82, 2.24) is 9.80 Å². The molecule has 0 N–H and O–H groups in total. The van der Waals surface area contributed by atoms with Crippen molar-refractivity contribution in [3.8, 4) is 0 Å². The van der Waals surface area contributed by atoms with Crippen molar-refractivity contribution < 1.29 is 14.3 Å². The van der Waals surface area contributed by atoms with Gasteiger partial charge in [-0.2, -0.15) is 0 Å². The van der Waals surface area contributed by atoms with Crippen LogP contribution >= 0.6 is 0 Å². The maximum absolute atomic E-state index is 13.8. The number of carbonyl (C=O) groups excluding carboxylic acids is 2. The third-order valence-corrected chi connectivity index (χ3v) is 7.99. The SMILES string of the molecule is CC1CC1CN1C(=O)C2(CCC(C)(C)CO2)C2=CC(C(=O)N3CCCCC3)=CCC=C21. The minimum absolute atomic E-state index is 0.0708. The molecule has 4 fully saturated rings. The van der Waals surface area contributed by atoms with Crippen molar-refractivity contribution in [1.29, 1.82) is 0 Å². The molecule has 3 aliphatic heterocycles. The van der Waals surface area contributed by atoms with Crippen molar-refractivity contribution in [2.24, 2.45) is 17.3 Å². The summed E-state index contributed by atoms with van der Waals surface area (Å²) < 4.78 is 6.46. The highest BCUT2D eigenvalue weighted by atomic mass is 16.5. The van der Waals surface area contributed by atoms with Gasteiger partial charge in [0.1, 0.15) is 0 Å². The number of piperidine rings is 1. The maximum atomic E-state index is 13.8. The number of likely N-dealkylation sites (tertiary alicyclic amines) is 2. The molecular weight excluding hydrogens is 388 g/mol. The fourth-order valence-corrected chi connectivity index (χ4v) is 5.57. The Morgan fingerprint density at radius 2 is 1.90 bits per heavy atom. The lowest BCUT2D eigenvalue weighted by atomic mass is 9.77. The summed E-state index contributed by atoms with van der Waals surface area (Å²) in [5, 5.41) is 0. The molecule has 2 amide bonds. The van der Waals surface area contributed by atoms with E-state index in [1.54, 1.807) is 0 Å². The van der Waals surface area contributed by atoms with Crippen LogP contribution in [0.1, 0.15) is 65.7 Å². The van der Waals surface area contributed by atoms with Gasteiger partial charge in [0.25, 0.3) is 11.8 Å². The van der Waals surface area contributed by atoms with E-state index in [9.17, 15) is 9.59 Å². The standard InChI is InChI=1S/C26H36N2O3/c1-18-14-20(18)16-28-22-9-7-8-19(23(29)27-12-5-4-6-13-27)15-21(22)26(24(28)30)11-10-25(2,3)17-31-26/h8-9,15,18,20H,4-7,10-14,16-17H2,1-3H3. The molecule has 0 aromatic rings. The second kappa shape index (κ2) is 7.61. The van der Waals surface area contributed by atoms with Crippen molar-refractivity contribution in [2.45, 2.75) is 71.3 Å². The highest BCUT2D eigenvalue weighted by Crippen LogP contribution is 2.51. The van der Waals surface area contributed by atoms with Crippen LogP contribution in [-0.2, 0) is 14.3 Å². The average molecular weight is 425 g/mol. The van der Waals surface area contributed by atoms with Crippen LogP contribution in [0.2, 0.25) is 0 Å². The zero-order valence-electron chi connectivity index (χ0n) is 19.3. The Morgan fingerprint density at radius 1 is 1.16 bits per heavy atom. The van der Waals surface area contributed by atoms with E-state index < -0.39 is 5.60 Å². The Hall–Kier alpha value is -1.88. The molecule has 0 aromatic carbocycles. The topological polar surface area (TPSA) is 49.9 Å². The van der Waals surface area contributed by atoms with Crippen LogP contribution < -0.4 is 0 Å². The lowest BCUT2D eigenvalue weighted by molar-refractivity contribution is -0.158. The summed E-state index contributed by atoms with van der Waals surface area (Å²) in [6, 6.07) is 0. The van der Waals surface area contributed by atoms with E-state index in [1.165, 1.54) is 12.8 Å². The van der Waals surface area contributed by atoms with Gasteiger partial charge in [-0.25, -0.2) is 0 Å². The van der Waals surface area contributed by atoms with Crippen LogP contribution in [0, 0.1) is 17.3 Å². The molecule has 0 bridgehead atoms. The number of hydrogen-bond acceptors (Lipinski definition) is 3. The Bertz CT molecular complexity index is 865. The second-order valence-corrected chi connectivity index (χ2v) is 11.1. The Labute approximate surface area is 186 Å². The fourth-order valence-electron chi connectivity index (χ4n) is 5.57. The monoisotopic (exact) mass is 424 g/mol. The first kappa shape index (κ1) is 21.0. The summed E-state index contributed by atoms with van der Waals surface area (Å²) in [4.78, 5) is 31.1. The number of hydrogen-bond donors (Lipinski definition) is 0. The number of fused-ring (bicyclic) bond motifs is 2. The molecule has 5 heteroatoms. The Kier molecular flexibility index (Phi) is 5.16. The number of ether oxygens (including phenoxy) is 1. The molecule has 1 saturated carbocycles. The van der Waals surface area contributed by atoms with Crippen LogP contribution in [0.3, 0.4) is 0 Å². The number of nitrogens with zero attached hydrogens (tertiary/aromatic N) is 2. The molecule has 0 aromatic heterocycles. The predicted molar refractivity (Wildman–Crippen MR) is 120 cm³/mol. The van der Waals surface area contributed by atoms with E-state index in [2.05, 4.69) is 26.8 Å². The molecule has 2 aliphatic carbocycles. The van der Waals surface area contributed by atoms with Crippen LogP contribution in [-0.4, -0.2) is 53.5 Å². The van der Waals surface area contributed by atoms with E-state index in [0.29, 0.717) is 31.3 Å². The minimum Gasteiger partial charge on any atom is -0.360 e. The van der Waals surface area contributed by atoms with Gasteiger partial charge in [0, 0.05) is 36.5 Å². The molecule has 168 valence electrons. The zero-order valence-corrected chi connectivity index (χ0v) is 19.3. The largest absolute Gasteiger partial charge is 0.360 e. The molecule has 1 spiro atoms. The summed E-state index contributed by atoms with van der Waals surface area (Å²) in [6.45, 7) is 9.66. The predicted octanol–water partition coefficient (Wildman–Crippen LogP) is 4.21. The van der Waals surface area contributed by atoms with Gasteiger partial charge < -0.3 is 14.5 Å². The first-order chi connectivity index (χ1) is 14.8. The summed E-state index contributed by atoms with van der Waals surface area (Å²) >= 11 is 0. The van der Waals surface area contributed by atoms with Gasteiger partial charge in [-0.15, -0.1) is 0 Å². The first-order valence-corrected chi connectivity index (χ1v) is 12.2. The van der Waals surface area contributed by atoms with Crippen molar-refractivity contribution in [2.75, 3.05) is 26.2 Å². The summed E-state index contributed by atoms with van der Waals surface area (Å²) in [5.74, 6) is 1.46. The normalized spacial score (nSPS) is 34.7. The summed E-state index contributed by atoms with van der Waals surface area (Å²) in [6.07, 6.45) is 13.0. The van der Waals surface area contributed by atoms with Crippen LogP contribution in [0.25, 0.3) is 0 Å². The molecule has 5 nitrogen and oxygen atoms in total. The number of allylic oxidation sites excluding steroid dienone is 2. The Balaban J connectivity index is 1.50. The molecule has 3 unspecified atom stereocenters. The molecule has 3 saturated heterocycles. The summed E-state index contributed by atoms with van der Waals surface area (Å²) in [7, 11) is 0. The molecular formula is C26H36N2O3. The van der Waals surface area contributed by atoms with Crippen molar-refractivity contribution in [3.63, 3.8) is 0 Å². The molecule has 31 heavy (non-hydrogen) atoms. The third-order valence-electron chi connectivity index (χ3n) is 7.99. The van der Waals surface area contributed by atoms with Gasteiger partial charge in [-0.1, -0.05) is 32.9 Å². The van der Waals surface area contributed by atoms with Crippen molar-refractivity contribution in [3.05, 3.63) is 35.1 Å². The second-order valence-electron chi connectivity index (χ2n) is 11.1.